The molecule has 1 aromatic rings. The minimum atomic E-state index is -0.112. The molecule has 1 fully saturated rings. The van der Waals surface area contributed by atoms with Gasteiger partial charge < -0.3 is 20.5 Å². The summed E-state index contributed by atoms with van der Waals surface area (Å²) >= 11 is 0. The van der Waals surface area contributed by atoms with Gasteiger partial charge in [-0.2, -0.15) is 0 Å². The van der Waals surface area contributed by atoms with E-state index in [1.165, 1.54) is 0 Å². The Morgan fingerprint density at radius 2 is 2.10 bits per heavy atom. The zero-order valence-electron chi connectivity index (χ0n) is 12.1. The van der Waals surface area contributed by atoms with Crippen LogP contribution in [-0.4, -0.2) is 33.3 Å². The monoisotopic (exact) mass is 278 g/mol. The summed E-state index contributed by atoms with van der Waals surface area (Å²) in [6.07, 6.45) is 3.29. The van der Waals surface area contributed by atoms with Gasteiger partial charge in [0, 0.05) is 37.6 Å². The number of benzene rings is 1. The number of ether oxygens (including phenoxy) is 2. The van der Waals surface area contributed by atoms with E-state index < -0.39 is 0 Å². The van der Waals surface area contributed by atoms with Crippen LogP contribution in [0.1, 0.15) is 29.6 Å². The molecule has 0 aromatic heterocycles. The second kappa shape index (κ2) is 6.13. The second-order valence-corrected chi connectivity index (χ2v) is 5.42. The first-order valence-corrected chi connectivity index (χ1v) is 6.80. The van der Waals surface area contributed by atoms with Gasteiger partial charge in [0.05, 0.1) is 7.11 Å². The number of amides is 1. The van der Waals surface area contributed by atoms with E-state index in [0.29, 0.717) is 23.5 Å². The van der Waals surface area contributed by atoms with Crippen molar-refractivity contribution in [3.05, 3.63) is 23.8 Å². The van der Waals surface area contributed by atoms with Crippen molar-refractivity contribution in [1.82, 2.24) is 5.32 Å². The van der Waals surface area contributed by atoms with E-state index in [9.17, 15) is 4.79 Å². The number of nitrogen functional groups attached to an aromatic ring is 1. The molecule has 5 nitrogen and oxygen atoms in total. The first kappa shape index (κ1) is 14.7. The lowest BCUT2D eigenvalue weighted by molar-refractivity contribution is 0.0937. The van der Waals surface area contributed by atoms with Crippen LogP contribution < -0.4 is 15.8 Å². The average Bonchev–Trinajstić information content (AvgIpc) is 3.22. The average molecular weight is 278 g/mol. The maximum absolute atomic E-state index is 12.2. The van der Waals surface area contributed by atoms with E-state index in [2.05, 4.69) is 5.32 Å². The highest BCUT2D eigenvalue weighted by Crippen LogP contribution is 2.48. The molecule has 0 radical (unpaired) electrons. The lowest BCUT2D eigenvalue weighted by Crippen LogP contribution is -2.30. The topological polar surface area (TPSA) is 73.6 Å². The number of hydrogen-bond donors (Lipinski definition) is 2. The molecule has 0 heterocycles. The van der Waals surface area contributed by atoms with Crippen molar-refractivity contribution in [3.63, 3.8) is 0 Å². The van der Waals surface area contributed by atoms with Crippen LogP contribution in [0, 0.1) is 5.41 Å². The van der Waals surface area contributed by atoms with Crippen LogP contribution in [-0.2, 0) is 4.74 Å². The van der Waals surface area contributed by atoms with E-state index >= 15 is 0 Å². The lowest BCUT2D eigenvalue weighted by atomic mass is 10.0. The molecule has 0 aliphatic heterocycles. The number of nitrogens with two attached hydrogens (primary N) is 1. The summed E-state index contributed by atoms with van der Waals surface area (Å²) in [5.41, 5.74) is 7.04. The van der Waals surface area contributed by atoms with Crippen LogP contribution >= 0.6 is 0 Å². The number of carbonyl (C=O) groups excluding carboxylic acids is 1. The molecule has 20 heavy (non-hydrogen) atoms. The summed E-state index contributed by atoms with van der Waals surface area (Å²) in [5.74, 6) is 0.481. The Balaban J connectivity index is 1.93. The molecule has 0 saturated heterocycles. The van der Waals surface area contributed by atoms with E-state index in [1.54, 1.807) is 32.4 Å². The quantitative estimate of drug-likeness (QED) is 0.746. The number of hydrogen-bond acceptors (Lipinski definition) is 4. The fraction of sp³-hybridized carbons (Fsp3) is 0.533. The molecule has 5 heteroatoms. The number of anilines is 1. The van der Waals surface area contributed by atoms with Crippen molar-refractivity contribution < 1.29 is 14.3 Å². The molecule has 1 aromatic carbocycles. The van der Waals surface area contributed by atoms with Crippen LogP contribution in [0.15, 0.2) is 18.2 Å². The van der Waals surface area contributed by atoms with Gasteiger partial charge in [-0.15, -0.1) is 0 Å². The smallest absolute Gasteiger partial charge is 0.251 e. The zero-order chi connectivity index (χ0) is 14.6. The fourth-order valence-corrected chi connectivity index (χ4v) is 2.25. The van der Waals surface area contributed by atoms with Crippen molar-refractivity contribution in [2.24, 2.45) is 5.41 Å². The van der Waals surface area contributed by atoms with Gasteiger partial charge in [0.25, 0.3) is 5.91 Å². The molecule has 1 aliphatic rings. The Labute approximate surface area is 119 Å². The molecular formula is C15H22N2O3. The molecule has 0 spiro atoms. The Bertz CT molecular complexity index is 484. The van der Waals surface area contributed by atoms with Crippen molar-refractivity contribution in [2.45, 2.75) is 19.3 Å². The normalized spacial score (nSPS) is 15.7. The van der Waals surface area contributed by atoms with E-state index in [-0.39, 0.29) is 11.3 Å². The summed E-state index contributed by atoms with van der Waals surface area (Å²) < 4.78 is 10.2. The fourth-order valence-electron chi connectivity index (χ4n) is 2.25. The maximum Gasteiger partial charge on any atom is 0.251 e. The molecule has 2 rings (SSSR count). The third-order valence-corrected chi connectivity index (χ3v) is 3.84. The summed E-state index contributed by atoms with van der Waals surface area (Å²) in [6, 6.07) is 5.05. The van der Waals surface area contributed by atoms with Crippen LogP contribution in [0.3, 0.4) is 0 Å². The van der Waals surface area contributed by atoms with Gasteiger partial charge in [-0.3, -0.25) is 4.79 Å². The largest absolute Gasteiger partial charge is 0.497 e. The van der Waals surface area contributed by atoms with E-state index in [4.69, 9.17) is 15.2 Å². The molecule has 0 bridgehead atoms. The van der Waals surface area contributed by atoms with E-state index in [1.807, 2.05) is 0 Å². The van der Waals surface area contributed by atoms with Gasteiger partial charge in [-0.05, 0) is 36.8 Å². The zero-order valence-corrected chi connectivity index (χ0v) is 12.1. The standard InChI is InChI=1S/C15H22N2O3/c1-19-6-5-15(3-4-15)10-17-14(18)11-7-12(16)9-13(8-11)20-2/h7-9H,3-6,10,16H2,1-2H3,(H,17,18). The van der Waals surface area contributed by atoms with Crippen molar-refractivity contribution in [2.75, 3.05) is 33.1 Å². The van der Waals surface area contributed by atoms with Crippen molar-refractivity contribution in [1.29, 1.82) is 0 Å². The Hall–Kier alpha value is -1.75. The molecule has 0 atom stereocenters. The predicted molar refractivity (Wildman–Crippen MR) is 77.9 cm³/mol. The highest BCUT2D eigenvalue weighted by molar-refractivity contribution is 5.95. The van der Waals surface area contributed by atoms with Gasteiger partial charge >= 0.3 is 0 Å². The Morgan fingerprint density at radius 1 is 1.35 bits per heavy atom. The molecular weight excluding hydrogens is 256 g/mol. The summed E-state index contributed by atoms with van der Waals surface area (Å²) in [5, 5.41) is 2.98. The number of rotatable bonds is 7. The Kier molecular flexibility index (Phi) is 4.49. The SMILES string of the molecule is COCCC1(CNC(=O)c2cc(N)cc(OC)c2)CC1. The maximum atomic E-state index is 12.2. The van der Waals surface area contributed by atoms with Crippen LogP contribution in [0.25, 0.3) is 0 Å². The Morgan fingerprint density at radius 3 is 2.70 bits per heavy atom. The van der Waals surface area contributed by atoms with Crippen molar-refractivity contribution in [3.8, 4) is 5.75 Å². The molecule has 1 saturated carbocycles. The first-order chi connectivity index (χ1) is 9.58. The highest BCUT2D eigenvalue weighted by Gasteiger charge is 2.42. The predicted octanol–water partition coefficient (Wildman–Crippen LogP) is 1.82. The van der Waals surface area contributed by atoms with Gasteiger partial charge in [0.1, 0.15) is 5.75 Å². The molecule has 110 valence electrons. The summed E-state index contributed by atoms with van der Waals surface area (Å²) in [7, 11) is 3.26. The molecule has 0 unspecified atom stereocenters. The first-order valence-electron chi connectivity index (χ1n) is 6.80. The third-order valence-electron chi connectivity index (χ3n) is 3.84. The third kappa shape index (κ3) is 3.63. The van der Waals surface area contributed by atoms with Crippen LogP contribution in [0.5, 0.6) is 5.75 Å². The number of methoxy groups -OCH3 is 2. The lowest BCUT2D eigenvalue weighted by Gasteiger charge is -2.15. The van der Waals surface area contributed by atoms with E-state index in [0.717, 1.165) is 25.9 Å². The molecule has 1 amide bonds. The summed E-state index contributed by atoms with van der Waals surface area (Å²) in [6.45, 7) is 1.42. The van der Waals surface area contributed by atoms with Crippen LogP contribution in [0.4, 0.5) is 5.69 Å². The van der Waals surface area contributed by atoms with Crippen molar-refractivity contribution >= 4 is 11.6 Å². The van der Waals surface area contributed by atoms with Gasteiger partial charge in [0.2, 0.25) is 0 Å². The van der Waals surface area contributed by atoms with Gasteiger partial charge in [-0.1, -0.05) is 0 Å². The van der Waals surface area contributed by atoms with Gasteiger partial charge in [0.15, 0.2) is 0 Å². The minimum Gasteiger partial charge on any atom is -0.497 e. The highest BCUT2D eigenvalue weighted by atomic mass is 16.5. The minimum absolute atomic E-state index is 0.112. The molecule has 3 N–H and O–H groups in total. The number of nitrogens with one attached hydrogen (secondary N) is 1. The van der Waals surface area contributed by atoms with Crippen LogP contribution in [0.2, 0.25) is 0 Å². The molecule has 1 aliphatic carbocycles. The second-order valence-electron chi connectivity index (χ2n) is 5.42. The van der Waals surface area contributed by atoms with Gasteiger partial charge in [-0.25, -0.2) is 0 Å². The summed E-state index contributed by atoms with van der Waals surface area (Å²) in [4.78, 5) is 12.2. The number of carbonyl (C=O) groups is 1.